The van der Waals surface area contributed by atoms with Crippen LogP contribution in [0.25, 0.3) is 6.08 Å². The Bertz CT molecular complexity index is 334. The van der Waals surface area contributed by atoms with E-state index >= 15 is 0 Å². The van der Waals surface area contributed by atoms with Gasteiger partial charge in [-0.2, -0.15) is 0 Å². The van der Waals surface area contributed by atoms with Gasteiger partial charge in [-0.25, -0.2) is 4.79 Å². The zero-order valence-corrected chi connectivity index (χ0v) is 6.97. The van der Waals surface area contributed by atoms with E-state index in [1.54, 1.807) is 24.4 Å². The molecular formula is C9H10N2O2. The lowest BCUT2D eigenvalue weighted by Gasteiger charge is -1.95. The summed E-state index contributed by atoms with van der Waals surface area (Å²) in [4.78, 5) is 14.3. The summed E-state index contributed by atoms with van der Waals surface area (Å²) in [5.41, 5.74) is 6.17. The minimum absolute atomic E-state index is 0.180. The first-order valence-corrected chi connectivity index (χ1v) is 3.79. The SMILES string of the molecule is NCC=Cc1cncc(C(=O)O)c1. The van der Waals surface area contributed by atoms with Crippen molar-refractivity contribution in [3.8, 4) is 0 Å². The van der Waals surface area contributed by atoms with Gasteiger partial charge >= 0.3 is 5.97 Å². The van der Waals surface area contributed by atoms with Crippen LogP contribution in [0, 0.1) is 0 Å². The number of hydrogen-bond donors (Lipinski definition) is 2. The van der Waals surface area contributed by atoms with Gasteiger partial charge in [0, 0.05) is 18.9 Å². The second-order valence-electron chi connectivity index (χ2n) is 2.45. The molecule has 0 fully saturated rings. The number of pyridine rings is 1. The second-order valence-corrected chi connectivity index (χ2v) is 2.45. The Kier molecular flexibility index (Phi) is 3.16. The summed E-state index contributed by atoms with van der Waals surface area (Å²) in [6.07, 6.45) is 6.36. The van der Waals surface area contributed by atoms with Crippen LogP contribution >= 0.6 is 0 Å². The van der Waals surface area contributed by atoms with E-state index in [4.69, 9.17) is 10.8 Å². The monoisotopic (exact) mass is 178 g/mol. The summed E-state index contributed by atoms with van der Waals surface area (Å²) < 4.78 is 0. The third-order valence-corrected chi connectivity index (χ3v) is 1.45. The van der Waals surface area contributed by atoms with Gasteiger partial charge in [0.1, 0.15) is 0 Å². The van der Waals surface area contributed by atoms with Crippen LogP contribution in [0.2, 0.25) is 0 Å². The highest BCUT2D eigenvalue weighted by molar-refractivity contribution is 5.87. The number of aromatic carboxylic acids is 1. The van der Waals surface area contributed by atoms with E-state index in [0.29, 0.717) is 6.54 Å². The molecular weight excluding hydrogens is 168 g/mol. The van der Waals surface area contributed by atoms with Gasteiger partial charge in [-0.15, -0.1) is 0 Å². The van der Waals surface area contributed by atoms with Crippen LogP contribution in [-0.2, 0) is 0 Å². The van der Waals surface area contributed by atoms with E-state index in [1.807, 2.05) is 0 Å². The van der Waals surface area contributed by atoms with Gasteiger partial charge in [-0.05, 0) is 11.6 Å². The summed E-state index contributed by atoms with van der Waals surface area (Å²) >= 11 is 0. The second kappa shape index (κ2) is 4.37. The van der Waals surface area contributed by atoms with Crippen LogP contribution in [0.15, 0.2) is 24.5 Å². The molecule has 0 unspecified atom stereocenters. The third-order valence-electron chi connectivity index (χ3n) is 1.45. The molecule has 1 rings (SSSR count). The van der Waals surface area contributed by atoms with Crippen molar-refractivity contribution in [2.24, 2.45) is 5.73 Å². The maximum Gasteiger partial charge on any atom is 0.337 e. The molecule has 3 N–H and O–H groups in total. The number of rotatable bonds is 3. The zero-order valence-electron chi connectivity index (χ0n) is 6.97. The first kappa shape index (κ1) is 9.41. The van der Waals surface area contributed by atoms with E-state index < -0.39 is 5.97 Å². The number of carboxylic acids is 1. The van der Waals surface area contributed by atoms with Crippen molar-refractivity contribution < 1.29 is 9.90 Å². The first-order chi connectivity index (χ1) is 6.24. The van der Waals surface area contributed by atoms with E-state index in [1.165, 1.54) is 6.20 Å². The molecule has 68 valence electrons. The standard InChI is InChI=1S/C9H10N2O2/c10-3-1-2-7-4-8(9(12)13)6-11-5-7/h1-2,4-6H,3,10H2,(H,12,13). The molecule has 0 atom stereocenters. The Labute approximate surface area is 75.7 Å². The van der Waals surface area contributed by atoms with Crippen molar-refractivity contribution in [2.45, 2.75) is 0 Å². The Balaban J connectivity index is 2.92. The van der Waals surface area contributed by atoms with Gasteiger partial charge in [0.05, 0.1) is 5.56 Å². The van der Waals surface area contributed by atoms with Gasteiger partial charge < -0.3 is 10.8 Å². The van der Waals surface area contributed by atoms with Gasteiger partial charge in [-0.3, -0.25) is 4.98 Å². The molecule has 1 aromatic heterocycles. The molecule has 0 aromatic carbocycles. The van der Waals surface area contributed by atoms with Crippen molar-refractivity contribution in [1.29, 1.82) is 0 Å². The number of carboxylic acid groups (broad SMARTS) is 1. The minimum atomic E-state index is -0.976. The predicted molar refractivity (Wildman–Crippen MR) is 49.3 cm³/mol. The molecule has 0 amide bonds. The molecule has 0 saturated carbocycles. The van der Waals surface area contributed by atoms with Crippen molar-refractivity contribution >= 4 is 12.0 Å². The lowest BCUT2D eigenvalue weighted by atomic mass is 10.2. The third kappa shape index (κ3) is 2.68. The van der Waals surface area contributed by atoms with Gasteiger partial charge in [0.25, 0.3) is 0 Å². The lowest BCUT2D eigenvalue weighted by molar-refractivity contribution is 0.0696. The molecule has 1 aromatic rings. The Morgan fingerprint density at radius 3 is 3.00 bits per heavy atom. The molecule has 0 aliphatic carbocycles. The van der Waals surface area contributed by atoms with Gasteiger partial charge in [-0.1, -0.05) is 12.2 Å². The molecule has 0 saturated heterocycles. The van der Waals surface area contributed by atoms with Crippen LogP contribution in [0.4, 0.5) is 0 Å². The average Bonchev–Trinajstić information content (AvgIpc) is 2.15. The quantitative estimate of drug-likeness (QED) is 0.716. The molecule has 0 spiro atoms. The summed E-state index contributed by atoms with van der Waals surface area (Å²) in [5, 5.41) is 8.65. The highest BCUT2D eigenvalue weighted by Gasteiger charge is 2.01. The Morgan fingerprint density at radius 1 is 1.62 bits per heavy atom. The van der Waals surface area contributed by atoms with Crippen molar-refractivity contribution in [3.05, 3.63) is 35.7 Å². The lowest BCUT2D eigenvalue weighted by Crippen LogP contribution is -1.97. The van der Waals surface area contributed by atoms with Gasteiger partial charge in [0.15, 0.2) is 0 Å². The van der Waals surface area contributed by atoms with Gasteiger partial charge in [0.2, 0.25) is 0 Å². The molecule has 0 radical (unpaired) electrons. The Hall–Kier alpha value is -1.68. The fraction of sp³-hybridized carbons (Fsp3) is 0.111. The average molecular weight is 178 g/mol. The highest BCUT2D eigenvalue weighted by Crippen LogP contribution is 2.04. The topological polar surface area (TPSA) is 76.2 Å². The molecule has 0 bridgehead atoms. The van der Waals surface area contributed by atoms with Crippen molar-refractivity contribution in [3.63, 3.8) is 0 Å². The zero-order chi connectivity index (χ0) is 9.68. The summed E-state index contributed by atoms with van der Waals surface area (Å²) in [5.74, 6) is -0.976. The summed E-state index contributed by atoms with van der Waals surface area (Å²) in [6, 6.07) is 1.54. The Morgan fingerprint density at radius 2 is 2.38 bits per heavy atom. The molecule has 0 aliphatic heterocycles. The number of nitrogens with zero attached hydrogens (tertiary/aromatic N) is 1. The van der Waals surface area contributed by atoms with E-state index in [-0.39, 0.29) is 5.56 Å². The van der Waals surface area contributed by atoms with Crippen LogP contribution in [0.5, 0.6) is 0 Å². The maximum atomic E-state index is 10.5. The van der Waals surface area contributed by atoms with Crippen molar-refractivity contribution in [1.82, 2.24) is 4.98 Å². The predicted octanol–water partition coefficient (Wildman–Crippen LogP) is 0.752. The minimum Gasteiger partial charge on any atom is -0.478 e. The smallest absolute Gasteiger partial charge is 0.337 e. The van der Waals surface area contributed by atoms with E-state index in [9.17, 15) is 4.79 Å². The molecule has 13 heavy (non-hydrogen) atoms. The summed E-state index contributed by atoms with van der Waals surface area (Å²) in [7, 11) is 0. The number of carbonyl (C=O) groups is 1. The van der Waals surface area contributed by atoms with Crippen molar-refractivity contribution in [2.75, 3.05) is 6.54 Å². The number of aromatic nitrogens is 1. The summed E-state index contributed by atoms with van der Waals surface area (Å²) in [6.45, 7) is 0.428. The first-order valence-electron chi connectivity index (χ1n) is 3.79. The molecule has 1 heterocycles. The van der Waals surface area contributed by atoms with E-state index in [2.05, 4.69) is 4.98 Å². The van der Waals surface area contributed by atoms with Crippen LogP contribution in [-0.4, -0.2) is 22.6 Å². The molecule has 4 heteroatoms. The fourth-order valence-electron chi connectivity index (χ4n) is 0.870. The number of nitrogens with two attached hydrogens (primary N) is 1. The molecule has 0 aliphatic rings. The van der Waals surface area contributed by atoms with Crippen LogP contribution < -0.4 is 5.73 Å². The largest absolute Gasteiger partial charge is 0.478 e. The normalized spacial score (nSPS) is 10.5. The maximum absolute atomic E-state index is 10.5. The van der Waals surface area contributed by atoms with Crippen LogP contribution in [0.3, 0.4) is 0 Å². The molecule has 4 nitrogen and oxygen atoms in total. The highest BCUT2D eigenvalue weighted by atomic mass is 16.4. The van der Waals surface area contributed by atoms with Crippen LogP contribution in [0.1, 0.15) is 15.9 Å². The fourth-order valence-corrected chi connectivity index (χ4v) is 0.870. The number of hydrogen-bond acceptors (Lipinski definition) is 3. The van der Waals surface area contributed by atoms with E-state index in [0.717, 1.165) is 5.56 Å².